The molecule has 0 aromatic heterocycles. The maximum atomic E-state index is 12.7. The van der Waals surface area contributed by atoms with Crippen molar-refractivity contribution >= 4 is 27.6 Å². The van der Waals surface area contributed by atoms with Gasteiger partial charge >= 0.3 is 15.5 Å². The first kappa shape index (κ1) is 29.4. The molecule has 1 aromatic carbocycles. The Balaban J connectivity index is 0.00000227. The van der Waals surface area contributed by atoms with Crippen molar-refractivity contribution in [1.82, 2.24) is 5.12 Å². The van der Waals surface area contributed by atoms with Crippen LogP contribution >= 0.6 is 0 Å². The monoisotopic (exact) mass is 474 g/mol. The van der Waals surface area contributed by atoms with Crippen LogP contribution in [0, 0.1) is 12.8 Å². The minimum atomic E-state index is -5.54. The molecule has 1 aliphatic heterocycles. The number of aryl methyl sites for hydroxylation is 1. The third-order valence-corrected chi connectivity index (χ3v) is 4.84. The third kappa shape index (κ3) is 9.25. The molecule has 10 heteroatoms. The fourth-order valence-electron chi connectivity index (χ4n) is 2.29. The highest BCUT2D eigenvalue weighted by molar-refractivity contribution is 7.93. The fraction of sp³-hybridized carbons (Fsp3) is 0.455. The van der Waals surface area contributed by atoms with Gasteiger partial charge in [0.25, 0.3) is 0 Å². The minimum Gasteiger partial charge on any atom is -0.275 e. The van der Waals surface area contributed by atoms with Gasteiger partial charge in [-0.2, -0.15) is 36.9 Å². The normalized spacial score (nSPS) is 19.6. The van der Waals surface area contributed by atoms with Crippen molar-refractivity contribution in [3.8, 4) is 0 Å². The Morgan fingerprint density at radius 3 is 2.41 bits per heavy atom. The second-order valence-corrected chi connectivity index (χ2v) is 7.95. The number of anilines is 1. The van der Waals surface area contributed by atoms with E-state index in [1.54, 1.807) is 30.9 Å². The van der Waals surface area contributed by atoms with Crippen LogP contribution in [0.1, 0.15) is 52.7 Å². The Labute approximate surface area is 189 Å². The summed E-state index contributed by atoms with van der Waals surface area (Å²) >= 11 is 0. The zero-order chi connectivity index (χ0) is 24.9. The van der Waals surface area contributed by atoms with E-state index in [9.17, 15) is 21.6 Å². The first-order valence-electron chi connectivity index (χ1n) is 10.4. The van der Waals surface area contributed by atoms with Crippen molar-refractivity contribution in [2.24, 2.45) is 16.1 Å². The zero-order valence-electron chi connectivity index (χ0n) is 19.6. The molecule has 1 unspecified atom stereocenters. The summed E-state index contributed by atoms with van der Waals surface area (Å²) in [5, 5.41) is 9.98. The Bertz CT molecular complexity index is 937. The smallest absolute Gasteiger partial charge is 0.275 e. The first-order chi connectivity index (χ1) is 15.0. The van der Waals surface area contributed by atoms with Gasteiger partial charge in [0.1, 0.15) is 0 Å². The van der Waals surface area contributed by atoms with Crippen LogP contribution in [-0.2, 0) is 10.0 Å². The van der Waals surface area contributed by atoms with Crippen LogP contribution < -0.4 is 4.72 Å². The number of benzene rings is 1. The standard InChI is InChI=1S/C18H21F3N4O2S.2C2H6/c1-13-8-9-17(24-28(26,27)18(19,20)21)16(11-13)15(3)23-25-10-6-4-5-7-14(2)12-22-25;2*1-2/h4-9,11-12,14,24H,10H2,1-3H3;2*1-2H3/b6-4-,7-5-,22-12-,23-15+;;. The average molecular weight is 475 g/mol. The second-order valence-electron chi connectivity index (χ2n) is 6.28. The molecule has 1 aliphatic rings. The lowest BCUT2D eigenvalue weighted by Crippen LogP contribution is -2.30. The van der Waals surface area contributed by atoms with Crippen molar-refractivity contribution in [3.63, 3.8) is 0 Å². The molecule has 1 heterocycles. The number of hydrogen-bond acceptors (Lipinski definition) is 5. The molecule has 0 aliphatic carbocycles. The van der Waals surface area contributed by atoms with E-state index in [1.165, 1.54) is 17.3 Å². The van der Waals surface area contributed by atoms with E-state index in [-0.39, 0.29) is 17.2 Å². The highest BCUT2D eigenvalue weighted by Crippen LogP contribution is 2.28. The lowest BCUT2D eigenvalue weighted by Gasteiger charge is -2.17. The topological polar surface area (TPSA) is 74.1 Å². The van der Waals surface area contributed by atoms with Crippen LogP contribution in [0.2, 0.25) is 0 Å². The Hall–Kier alpha value is -2.62. The van der Waals surface area contributed by atoms with Crippen LogP contribution in [0.5, 0.6) is 0 Å². The fourth-order valence-corrected chi connectivity index (χ4v) is 2.88. The summed E-state index contributed by atoms with van der Waals surface area (Å²) in [4.78, 5) is 0. The van der Waals surface area contributed by atoms with Gasteiger partial charge in [-0.1, -0.05) is 70.6 Å². The number of sulfonamides is 1. The summed E-state index contributed by atoms with van der Waals surface area (Å²) in [5.74, 6) is 0.0777. The van der Waals surface area contributed by atoms with E-state index < -0.39 is 15.5 Å². The van der Waals surface area contributed by atoms with Gasteiger partial charge in [0.2, 0.25) is 0 Å². The van der Waals surface area contributed by atoms with Gasteiger partial charge in [-0.05, 0) is 26.0 Å². The highest BCUT2D eigenvalue weighted by atomic mass is 32.2. The van der Waals surface area contributed by atoms with E-state index >= 15 is 0 Å². The summed E-state index contributed by atoms with van der Waals surface area (Å²) in [5.41, 5.74) is -4.33. The maximum absolute atomic E-state index is 12.7. The highest BCUT2D eigenvalue weighted by Gasteiger charge is 2.46. The van der Waals surface area contributed by atoms with Crippen LogP contribution in [0.25, 0.3) is 0 Å². The van der Waals surface area contributed by atoms with E-state index in [0.29, 0.717) is 12.3 Å². The zero-order valence-corrected chi connectivity index (χ0v) is 20.4. The molecular formula is C22H33F3N4O2S. The summed E-state index contributed by atoms with van der Waals surface area (Å²) in [6.45, 7) is 13.6. The van der Waals surface area contributed by atoms with Gasteiger partial charge in [0.15, 0.2) is 0 Å². The number of hydrazone groups is 2. The molecule has 32 heavy (non-hydrogen) atoms. The number of hydrogen-bond donors (Lipinski definition) is 1. The lowest BCUT2D eigenvalue weighted by atomic mass is 10.1. The molecule has 0 fully saturated rings. The van der Waals surface area contributed by atoms with Crippen LogP contribution in [0.15, 0.2) is 52.7 Å². The van der Waals surface area contributed by atoms with Gasteiger partial charge in [0, 0.05) is 17.7 Å². The molecule has 0 bridgehead atoms. The molecule has 1 N–H and O–H groups in total. The molecule has 0 saturated carbocycles. The predicted molar refractivity (Wildman–Crippen MR) is 127 cm³/mol. The SMILES string of the molecule is C/C(=N\N1C/C=C\C=C/C(C)/C=N\1)c1cc(C)ccc1NS(=O)(=O)C(F)(F)F.CC.CC. The van der Waals surface area contributed by atoms with Crippen LogP contribution in [-0.4, -0.2) is 37.5 Å². The number of allylic oxidation sites excluding steroid dienone is 3. The van der Waals surface area contributed by atoms with Crippen molar-refractivity contribution in [2.75, 3.05) is 11.3 Å². The Kier molecular flexibility index (Phi) is 12.6. The molecule has 1 aromatic rings. The number of nitrogens with one attached hydrogen (secondary N) is 1. The molecule has 2 rings (SSSR count). The summed E-state index contributed by atoms with van der Waals surface area (Å²) < 4.78 is 62.8. The van der Waals surface area contributed by atoms with Crippen molar-refractivity contribution < 1.29 is 21.6 Å². The van der Waals surface area contributed by atoms with E-state index in [0.717, 1.165) is 5.56 Å². The average Bonchev–Trinajstić information content (AvgIpc) is 2.84. The van der Waals surface area contributed by atoms with Crippen molar-refractivity contribution in [1.29, 1.82) is 0 Å². The van der Waals surface area contributed by atoms with Crippen molar-refractivity contribution in [2.45, 2.75) is 54.0 Å². The quantitative estimate of drug-likeness (QED) is 0.537. The molecule has 1 atom stereocenters. The van der Waals surface area contributed by atoms with Crippen LogP contribution in [0.4, 0.5) is 18.9 Å². The third-order valence-electron chi connectivity index (χ3n) is 3.74. The number of halogens is 3. The lowest BCUT2D eigenvalue weighted by molar-refractivity contribution is -0.0429. The van der Waals surface area contributed by atoms with E-state index in [2.05, 4.69) is 10.2 Å². The maximum Gasteiger partial charge on any atom is 0.516 e. The van der Waals surface area contributed by atoms with Gasteiger partial charge < -0.3 is 0 Å². The Morgan fingerprint density at radius 2 is 1.81 bits per heavy atom. The minimum absolute atomic E-state index is 0.0777. The Morgan fingerprint density at radius 1 is 1.19 bits per heavy atom. The van der Waals surface area contributed by atoms with Crippen LogP contribution in [0.3, 0.4) is 0 Å². The molecule has 0 amide bonds. The van der Waals surface area contributed by atoms with Gasteiger partial charge in [0.05, 0.1) is 17.9 Å². The first-order valence-corrected chi connectivity index (χ1v) is 11.9. The molecule has 6 nitrogen and oxygen atoms in total. The number of rotatable bonds is 4. The van der Waals surface area contributed by atoms with Gasteiger partial charge in [-0.25, -0.2) is 0 Å². The predicted octanol–water partition coefficient (Wildman–Crippen LogP) is 6.08. The van der Waals surface area contributed by atoms with E-state index in [1.807, 2.05) is 58.9 Å². The summed E-state index contributed by atoms with van der Waals surface area (Å²) in [7, 11) is -5.54. The molecular weight excluding hydrogens is 441 g/mol. The van der Waals surface area contributed by atoms with Gasteiger partial charge in [-0.3, -0.25) is 4.72 Å². The molecule has 0 saturated heterocycles. The van der Waals surface area contributed by atoms with E-state index in [4.69, 9.17) is 0 Å². The van der Waals surface area contributed by atoms with Gasteiger partial charge in [-0.15, -0.1) is 0 Å². The largest absolute Gasteiger partial charge is 0.516 e. The molecule has 0 spiro atoms. The summed E-state index contributed by atoms with van der Waals surface area (Å²) in [6, 6.07) is 4.35. The summed E-state index contributed by atoms with van der Waals surface area (Å²) in [6.07, 6.45) is 9.19. The van der Waals surface area contributed by atoms with Crippen molar-refractivity contribution in [3.05, 3.63) is 53.6 Å². The number of alkyl halides is 3. The second kappa shape index (κ2) is 13.7. The molecule has 180 valence electrons. The number of nitrogens with zero attached hydrogens (tertiary/aromatic N) is 3. The molecule has 0 radical (unpaired) electrons.